The number of carbonyl (C=O) groups is 2. The number of nitrogens with one attached hydrogen (secondary N) is 1. The summed E-state index contributed by atoms with van der Waals surface area (Å²) in [5, 5.41) is 2.88. The summed E-state index contributed by atoms with van der Waals surface area (Å²) in [6, 6.07) is 14.9. The van der Waals surface area contributed by atoms with Crippen LogP contribution in [0.15, 0.2) is 48.5 Å². The van der Waals surface area contributed by atoms with Crippen molar-refractivity contribution >= 4 is 17.5 Å². The molecule has 0 bridgehead atoms. The second kappa shape index (κ2) is 11.2. The lowest BCUT2D eigenvalue weighted by atomic mass is 10.1. The molecule has 0 aliphatic heterocycles. The van der Waals surface area contributed by atoms with Crippen LogP contribution in [0.2, 0.25) is 0 Å². The standard InChI is InChI=1S/C23H31N3O3/c1-5-26(6-2)23(28)19-10-12-20(13-11-19)24-22(27)17-25(4)16-18-8-14-21(15-9-18)29-7-3/h8-15H,5-7,16-17H2,1-4H3,(H,24,27). The smallest absolute Gasteiger partial charge is 0.253 e. The summed E-state index contributed by atoms with van der Waals surface area (Å²) in [5.74, 6) is 0.754. The van der Waals surface area contributed by atoms with Gasteiger partial charge in [0.1, 0.15) is 5.75 Å². The Morgan fingerprint density at radius 3 is 2.10 bits per heavy atom. The van der Waals surface area contributed by atoms with E-state index in [4.69, 9.17) is 4.74 Å². The maximum Gasteiger partial charge on any atom is 0.253 e. The van der Waals surface area contributed by atoms with Gasteiger partial charge in [-0.3, -0.25) is 14.5 Å². The molecule has 0 unspecified atom stereocenters. The van der Waals surface area contributed by atoms with Gasteiger partial charge in [-0.05, 0) is 69.8 Å². The summed E-state index contributed by atoms with van der Waals surface area (Å²) in [6.45, 7) is 8.80. The second-order valence-electron chi connectivity index (χ2n) is 6.85. The van der Waals surface area contributed by atoms with Crippen molar-refractivity contribution in [3.8, 4) is 5.75 Å². The van der Waals surface area contributed by atoms with Crippen LogP contribution < -0.4 is 10.1 Å². The topological polar surface area (TPSA) is 61.9 Å². The molecule has 0 atom stereocenters. The van der Waals surface area contributed by atoms with E-state index in [0.29, 0.717) is 37.5 Å². The Labute approximate surface area is 173 Å². The minimum absolute atomic E-state index is 0.00275. The van der Waals surface area contributed by atoms with E-state index in [2.05, 4.69) is 5.32 Å². The fraction of sp³-hybridized carbons (Fsp3) is 0.391. The Morgan fingerprint density at radius 2 is 1.55 bits per heavy atom. The molecule has 0 fully saturated rings. The highest BCUT2D eigenvalue weighted by atomic mass is 16.5. The average Bonchev–Trinajstić information content (AvgIpc) is 2.71. The third-order valence-corrected chi connectivity index (χ3v) is 4.57. The minimum atomic E-state index is -0.0961. The monoisotopic (exact) mass is 397 g/mol. The lowest BCUT2D eigenvalue weighted by Gasteiger charge is -2.19. The highest BCUT2D eigenvalue weighted by Gasteiger charge is 2.13. The number of rotatable bonds is 10. The molecule has 1 N–H and O–H groups in total. The molecule has 0 aromatic heterocycles. The summed E-state index contributed by atoms with van der Waals surface area (Å²) in [6.07, 6.45) is 0. The van der Waals surface area contributed by atoms with E-state index < -0.39 is 0 Å². The number of anilines is 1. The first-order chi connectivity index (χ1) is 14.0. The van der Waals surface area contributed by atoms with E-state index >= 15 is 0 Å². The molecule has 2 aromatic carbocycles. The Kier molecular flexibility index (Phi) is 8.68. The Hall–Kier alpha value is -2.86. The molecule has 0 heterocycles. The van der Waals surface area contributed by atoms with Crippen LogP contribution in [0.1, 0.15) is 36.7 Å². The predicted molar refractivity (Wildman–Crippen MR) is 116 cm³/mol. The van der Waals surface area contributed by atoms with Crippen LogP contribution in [0.5, 0.6) is 5.75 Å². The first-order valence-corrected chi connectivity index (χ1v) is 10.1. The maximum absolute atomic E-state index is 12.3. The number of hydrogen-bond acceptors (Lipinski definition) is 4. The Balaban J connectivity index is 1.85. The van der Waals surface area contributed by atoms with Crippen molar-refractivity contribution in [3.05, 3.63) is 59.7 Å². The molecule has 6 nitrogen and oxygen atoms in total. The van der Waals surface area contributed by atoms with Crippen molar-refractivity contribution in [1.82, 2.24) is 9.80 Å². The van der Waals surface area contributed by atoms with Gasteiger partial charge < -0.3 is 15.0 Å². The molecule has 0 aliphatic rings. The maximum atomic E-state index is 12.3. The van der Waals surface area contributed by atoms with E-state index in [-0.39, 0.29) is 18.4 Å². The van der Waals surface area contributed by atoms with Gasteiger partial charge in [-0.15, -0.1) is 0 Å². The van der Waals surface area contributed by atoms with Crippen molar-refractivity contribution in [2.45, 2.75) is 27.3 Å². The van der Waals surface area contributed by atoms with Crippen LogP contribution in [-0.2, 0) is 11.3 Å². The fourth-order valence-corrected chi connectivity index (χ4v) is 3.06. The van der Waals surface area contributed by atoms with Crippen LogP contribution in [-0.4, -0.2) is 54.9 Å². The van der Waals surface area contributed by atoms with Gasteiger partial charge >= 0.3 is 0 Å². The summed E-state index contributed by atoms with van der Waals surface area (Å²) in [4.78, 5) is 28.4. The molecule has 2 aromatic rings. The lowest BCUT2D eigenvalue weighted by molar-refractivity contribution is -0.117. The van der Waals surface area contributed by atoms with Gasteiger partial charge in [-0.1, -0.05) is 12.1 Å². The molecule has 0 saturated heterocycles. The number of nitrogens with zero attached hydrogens (tertiary/aromatic N) is 2. The number of likely N-dealkylation sites (N-methyl/N-ethyl adjacent to an activating group) is 1. The largest absolute Gasteiger partial charge is 0.494 e. The van der Waals surface area contributed by atoms with E-state index in [1.807, 2.05) is 57.0 Å². The van der Waals surface area contributed by atoms with Crippen molar-refractivity contribution in [3.63, 3.8) is 0 Å². The van der Waals surface area contributed by atoms with E-state index in [0.717, 1.165) is 11.3 Å². The molecule has 29 heavy (non-hydrogen) atoms. The SMILES string of the molecule is CCOc1ccc(CN(C)CC(=O)Nc2ccc(C(=O)N(CC)CC)cc2)cc1. The summed E-state index contributed by atoms with van der Waals surface area (Å²) >= 11 is 0. The molecule has 2 rings (SSSR count). The van der Waals surface area contributed by atoms with Gasteiger partial charge in [0.2, 0.25) is 5.91 Å². The summed E-state index contributed by atoms with van der Waals surface area (Å²) in [7, 11) is 1.90. The Morgan fingerprint density at radius 1 is 0.931 bits per heavy atom. The zero-order valence-corrected chi connectivity index (χ0v) is 17.8. The number of hydrogen-bond donors (Lipinski definition) is 1. The van der Waals surface area contributed by atoms with Crippen LogP contribution in [0.25, 0.3) is 0 Å². The average molecular weight is 398 g/mol. The van der Waals surface area contributed by atoms with Crippen molar-refractivity contribution < 1.29 is 14.3 Å². The van der Waals surface area contributed by atoms with Gasteiger partial charge in [-0.2, -0.15) is 0 Å². The zero-order chi connectivity index (χ0) is 21.2. The molecule has 156 valence electrons. The lowest BCUT2D eigenvalue weighted by Crippen LogP contribution is -2.30. The molecule has 0 spiro atoms. The normalized spacial score (nSPS) is 10.7. The quantitative estimate of drug-likeness (QED) is 0.665. The van der Waals surface area contributed by atoms with E-state index in [1.54, 1.807) is 29.2 Å². The van der Waals surface area contributed by atoms with Crippen LogP contribution in [0.4, 0.5) is 5.69 Å². The van der Waals surface area contributed by atoms with Gasteiger partial charge in [0.05, 0.1) is 13.2 Å². The number of amides is 2. The minimum Gasteiger partial charge on any atom is -0.494 e. The summed E-state index contributed by atoms with van der Waals surface area (Å²) in [5.41, 5.74) is 2.42. The van der Waals surface area contributed by atoms with Crippen LogP contribution >= 0.6 is 0 Å². The number of carbonyl (C=O) groups excluding carboxylic acids is 2. The fourth-order valence-electron chi connectivity index (χ4n) is 3.06. The Bertz CT molecular complexity index is 784. The highest BCUT2D eigenvalue weighted by Crippen LogP contribution is 2.14. The van der Waals surface area contributed by atoms with Crippen LogP contribution in [0, 0.1) is 0 Å². The van der Waals surface area contributed by atoms with Gasteiger partial charge in [-0.25, -0.2) is 0 Å². The van der Waals surface area contributed by atoms with Gasteiger partial charge in [0.25, 0.3) is 5.91 Å². The zero-order valence-electron chi connectivity index (χ0n) is 17.8. The predicted octanol–water partition coefficient (Wildman–Crippen LogP) is 3.64. The van der Waals surface area contributed by atoms with Gasteiger partial charge in [0.15, 0.2) is 0 Å². The third kappa shape index (κ3) is 6.91. The summed E-state index contributed by atoms with van der Waals surface area (Å²) < 4.78 is 5.44. The third-order valence-electron chi connectivity index (χ3n) is 4.57. The molecular weight excluding hydrogens is 366 g/mol. The molecule has 0 aliphatic carbocycles. The van der Waals surface area contributed by atoms with Crippen molar-refractivity contribution in [2.75, 3.05) is 38.6 Å². The molecule has 0 saturated carbocycles. The van der Waals surface area contributed by atoms with Gasteiger partial charge in [0, 0.05) is 30.9 Å². The van der Waals surface area contributed by atoms with E-state index in [1.165, 1.54) is 0 Å². The first kappa shape index (κ1) is 22.4. The molecule has 6 heteroatoms. The molecule has 0 radical (unpaired) electrons. The van der Waals surface area contributed by atoms with Crippen LogP contribution in [0.3, 0.4) is 0 Å². The van der Waals surface area contributed by atoms with E-state index in [9.17, 15) is 9.59 Å². The first-order valence-electron chi connectivity index (χ1n) is 10.1. The number of benzene rings is 2. The second-order valence-corrected chi connectivity index (χ2v) is 6.85. The highest BCUT2D eigenvalue weighted by molar-refractivity contribution is 5.96. The molecule has 2 amide bonds. The van der Waals surface area contributed by atoms with Crippen molar-refractivity contribution in [1.29, 1.82) is 0 Å². The number of ether oxygens (including phenoxy) is 1. The molecular formula is C23H31N3O3. The van der Waals surface area contributed by atoms with Crippen molar-refractivity contribution in [2.24, 2.45) is 0 Å².